The Hall–Kier alpha value is -2.63. The van der Waals surface area contributed by atoms with Crippen LogP contribution in [0, 0.1) is 0 Å². The number of benzene rings is 1. The molecule has 0 fully saturated rings. The molecule has 0 spiro atoms. The molecule has 6 heteroatoms. The Bertz CT molecular complexity index is 601. The van der Waals surface area contributed by atoms with Crippen LogP contribution in [0.5, 0.6) is 11.5 Å². The van der Waals surface area contributed by atoms with Crippen LogP contribution in [0.2, 0.25) is 0 Å². The van der Waals surface area contributed by atoms with Gasteiger partial charge in [0.15, 0.2) is 11.5 Å². The highest BCUT2D eigenvalue weighted by atomic mass is 16.7. The number of nitrogens with zero attached hydrogens (tertiary/aromatic N) is 2. The summed E-state index contributed by atoms with van der Waals surface area (Å²) in [5, 5.41) is 2.77. The Morgan fingerprint density at radius 3 is 3.00 bits per heavy atom. The van der Waals surface area contributed by atoms with Crippen molar-refractivity contribution in [2.24, 2.45) is 0 Å². The molecular formula is C13H11N3O3. The third-order valence-electron chi connectivity index (χ3n) is 2.69. The van der Waals surface area contributed by atoms with E-state index in [0.29, 0.717) is 18.0 Å². The van der Waals surface area contributed by atoms with E-state index in [2.05, 4.69) is 15.3 Å². The molecule has 1 aromatic carbocycles. The fourth-order valence-corrected chi connectivity index (χ4v) is 1.74. The zero-order chi connectivity index (χ0) is 13.1. The minimum absolute atomic E-state index is 0.241. The average Bonchev–Trinajstić information content (AvgIpc) is 2.93. The van der Waals surface area contributed by atoms with Gasteiger partial charge in [0.2, 0.25) is 6.79 Å². The molecule has 0 atom stereocenters. The molecule has 1 aliphatic rings. The molecule has 1 aromatic heterocycles. The maximum atomic E-state index is 11.8. The number of carbonyl (C=O) groups is 1. The topological polar surface area (TPSA) is 73.3 Å². The normalized spacial score (nSPS) is 12.2. The maximum absolute atomic E-state index is 11.8. The van der Waals surface area contributed by atoms with Crippen LogP contribution in [-0.4, -0.2) is 22.7 Å². The van der Waals surface area contributed by atoms with Crippen molar-refractivity contribution in [2.45, 2.75) is 6.54 Å². The summed E-state index contributed by atoms with van der Waals surface area (Å²) >= 11 is 0. The summed E-state index contributed by atoms with van der Waals surface area (Å²) < 4.78 is 10.5. The van der Waals surface area contributed by atoms with Crippen molar-refractivity contribution in [3.63, 3.8) is 0 Å². The molecule has 19 heavy (non-hydrogen) atoms. The van der Waals surface area contributed by atoms with E-state index in [0.717, 1.165) is 11.3 Å². The van der Waals surface area contributed by atoms with Gasteiger partial charge in [0.25, 0.3) is 5.91 Å². The van der Waals surface area contributed by atoms with Gasteiger partial charge in [0.1, 0.15) is 5.69 Å². The fraction of sp³-hybridized carbons (Fsp3) is 0.154. The number of nitrogens with one attached hydrogen (secondary N) is 1. The number of fused-ring (bicyclic) bond motifs is 1. The molecule has 0 saturated heterocycles. The minimum atomic E-state index is -0.259. The quantitative estimate of drug-likeness (QED) is 0.892. The van der Waals surface area contributed by atoms with Crippen molar-refractivity contribution in [2.75, 3.05) is 6.79 Å². The first-order valence-electron chi connectivity index (χ1n) is 5.76. The Balaban J connectivity index is 1.65. The Morgan fingerprint density at radius 2 is 2.16 bits per heavy atom. The van der Waals surface area contributed by atoms with Crippen LogP contribution < -0.4 is 14.8 Å². The van der Waals surface area contributed by atoms with Crippen LogP contribution in [0.4, 0.5) is 0 Å². The standard InChI is InChI=1S/C13H11N3O3/c17-13(10-7-14-3-4-15-10)16-6-9-1-2-11-12(5-9)19-8-18-11/h1-5,7H,6,8H2,(H,16,17). The summed E-state index contributed by atoms with van der Waals surface area (Å²) in [6.07, 6.45) is 4.43. The van der Waals surface area contributed by atoms with E-state index in [9.17, 15) is 4.79 Å². The molecule has 1 amide bonds. The molecule has 0 radical (unpaired) electrons. The van der Waals surface area contributed by atoms with Gasteiger partial charge in [0.05, 0.1) is 6.20 Å². The van der Waals surface area contributed by atoms with E-state index in [1.54, 1.807) is 0 Å². The lowest BCUT2D eigenvalue weighted by Gasteiger charge is -2.05. The average molecular weight is 257 g/mol. The highest BCUT2D eigenvalue weighted by Gasteiger charge is 2.13. The smallest absolute Gasteiger partial charge is 0.271 e. The number of carbonyl (C=O) groups excluding carboxylic acids is 1. The Morgan fingerprint density at radius 1 is 1.26 bits per heavy atom. The van der Waals surface area contributed by atoms with Crippen molar-refractivity contribution in [1.82, 2.24) is 15.3 Å². The fourth-order valence-electron chi connectivity index (χ4n) is 1.74. The second-order valence-corrected chi connectivity index (χ2v) is 3.96. The second kappa shape index (κ2) is 4.93. The zero-order valence-corrected chi connectivity index (χ0v) is 10.00. The van der Waals surface area contributed by atoms with Crippen LogP contribution in [0.15, 0.2) is 36.8 Å². The summed E-state index contributed by atoms with van der Waals surface area (Å²) in [7, 11) is 0. The van der Waals surface area contributed by atoms with E-state index < -0.39 is 0 Å². The molecule has 6 nitrogen and oxygen atoms in total. The van der Waals surface area contributed by atoms with Gasteiger partial charge in [-0.2, -0.15) is 0 Å². The van der Waals surface area contributed by atoms with Crippen LogP contribution in [0.25, 0.3) is 0 Å². The van der Waals surface area contributed by atoms with Crippen molar-refractivity contribution in [3.05, 3.63) is 48.0 Å². The van der Waals surface area contributed by atoms with Gasteiger partial charge in [0, 0.05) is 18.9 Å². The summed E-state index contributed by atoms with van der Waals surface area (Å²) in [6.45, 7) is 0.636. The molecule has 1 N–H and O–H groups in total. The summed E-state index contributed by atoms with van der Waals surface area (Å²) in [5.74, 6) is 1.17. The summed E-state index contributed by atoms with van der Waals surface area (Å²) in [5.41, 5.74) is 1.23. The molecule has 3 rings (SSSR count). The number of rotatable bonds is 3. The molecule has 2 heterocycles. The molecule has 2 aromatic rings. The van der Waals surface area contributed by atoms with Gasteiger partial charge < -0.3 is 14.8 Å². The van der Waals surface area contributed by atoms with E-state index >= 15 is 0 Å². The molecule has 0 bridgehead atoms. The molecule has 0 aliphatic carbocycles. The maximum Gasteiger partial charge on any atom is 0.271 e. The van der Waals surface area contributed by atoms with Crippen molar-refractivity contribution < 1.29 is 14.3 Å². The first-order valence-corrected chi connectivity index (χ1v) is 5.76. The first kappa shape index (κ1) is 11.5. The van der Waals surface area contributed by atoms with Crippen LogP contribution >= 0.6 is 0 Å². The molecule has 1 aliphatic heterocycles. The number of hydrogen-bond acceptors (Lipinski definition) is 5. The third-order valence-corrected chi connectivity index (χ3v) is 2.69. The van der Waals surface area contributed by atoms with Gasteiger partial charge in [-0.05, 0) is 17.7 Å². The minimum Gasteiger partial charge on any atom is -0.454 e. The number of hydrogen-bond donors (Lipinski definition) is 1. The number of amides is 1. The monoisotopic (exact) mass is 257 g/mol. The Kier molecular flexibility index (Phi) is 2.97. The second-order valence-electron chi connectivity index (χ2n) is 3.96. The van der Waals surface area contributed by atoms with Crippen molar-refractivity contribution in [1.29, 1.82) is 0 Å². The molecular weight excluding hydrogens is 246 g/mol. The van der Waals surface area contributed by atoms with Gasteiger partial charge in [-0.25, -0.2) is 4.98 Å². The van der Waals surface area contributed by atoms with Crippen LogP contribution in [0.3, 0.4) is 0 Å². The van der Waals surface area contributed by atoms with Crippen molar-refractivity contribution in [3.8, 4) is 11.5 Å². The predicted octanol–water partition coefficient (Wildman–Crippen LogP) is 1.14. The summed E-state index contributed by atoms with van der Waals surface area (Å²) in [4.78, 5) is 19.6. The van der Waals surface area contributed by atoms with Crippen molar-refractivity contribution >= 4 is 5.91 Å². The molecule has 96 valence electrons. The molecule has 0 unspecified atom stereocenters. The van der Waals surface area contributed by atoms with E-state index in [1.807, 2.05) is 18.2 Å². The number of ether oxygens (including phenoxy) is 2. The first-order chi connectivity index (χ1) is 9.33. The van der Waals surface area contributed by atoms with Gasteiger partial charge >= 0.3 is 0 Å². The predicted molar refractivity (Wildman–Crippen MR) is 65.8 cm³/mol. The largest absolute Gasteiger partial charge is 0.454 e. The van der Waals surface area contributed by atoms with E-state index in [1.165, 1.54) is 18.6 Å². The zero-order valence-electron chi connectivity index (χ0n) is 10.00. The summed E-state index contributed by atoms with van der Waals surface area (Å²) in [6, 6.07) is 5.55. The number of aromatic nitrogens is 2. The van der Waals surface area contributed by atoms with E-state index in [-0.39, 0.29) is 12.7 Å². The highest BCUT2D eigenvalue weighted by molar-refractivity contribution is 5.91. The van der Waals surface area contributed by atoms with Gasteiger partial charge in [-0.1, -0.05) is 6.07 Å². The third kappa shape index (κ3) is 2.47. The lowest BCUT2D eigenvalue weighted by molar-refractivity contribution is 0.0945. The molecule has 0 saturated carbocycles. The van der Waals surface area contributed by atoms with Gasteiger partial charge in [-0.15, -0.1) is 0 Å². The van der Waals surface area contributed by atoms with Gasteiger partial charge in [-0.3, -0.25) is 9.78 Å². The van der Waals surface area contributed by atoms with E-state index in [4.69, 9.17) is 9.47 Å². The lowest BCUT2D eigenvalue weighted by atomic mass is 10.2. The Labute approximate surface area is 109 Å². The van der Waals surface area contributed by atoms with Crippen LogP contribution in [-0.2, 0) is 6.54 Å². The lowest BCUT2D eigenvalue weighted by Crippen LogP contribution is -2.23. The SMILES string of the molecule is O=C(NCc1ccc2c(c1)OCO2)c1cnccn1. The van der Waals surface area contributed by atoms with Crippen LogP contribution in [0.1, 0.15) is 16.1 Å². The highest BCUT2D eigenvalue weighted by Crippen LogP contribution is 2.32.